The van der Waals surface area contributed by atoms with Crippen molar-refractivity contribution in [3.8, 4) is 0 Å². The van der Waals surface area contributed by atoms with Crippen LogP contribution in [-0.2, 0) is 0 Å². The molecule has 0 aromatic carbocycles. The molecule has 3 aliphatic rings. The lowest BCUT2D eigenvalue weighted by molar-refractivity contribution is -0.595. The fraction of sp³-hybridized carbons (Fsp3) is 0.333. The van der Waals surface area contributed by atoms with Gasteiger partial charge in [0.25, 0.3) is 0 Å². The fourth-order valence-electron chi connectivity index (χ4n) is 1.75. The van der Waals surface area contributed by atoms with Gasteiger partial charge < -0.3 is 4.90 Å². The summed E-state index contributed by atoms with van der Waals surface area (Å²) < 4.78 is 0.776. The van der Waals surface area contributed by atoms with Crippen LogP contribution in [0, 0.1) is 0 Å². The second-order valence-corrected chi connectivity index (χ2v) is 4.89. The highest BCUT2D eigenvalue weighted by atomic mass is 79.9. The lowest BCUT2D eigenvalue weighted by atomic mass is 10.2. The van der Waals surface area contributed by atoms with Gasteiger partial charge in [0.2, 0.25) is 11.5 Å². The van der Waals surface area contributed by atoms with Crippen molar-refractivity contribution in [2.24, 2.45) is 9.98 Å². The Labute approximate surface area is 101 Å². The van der Waals surface area contributed by atoms with E-state index in [0.29, 0.717) is 4.74 Å². The molecule has 78 valence electrons. The minimum atomic E-state index is 0.0787. The molecule has 0 aliphatic carbocycles. The van der Waals surface area contributed by atoms with Crippen LogP contribution in [0.5, 0.6) is 0 Å². The molecule has 3 heterocycles. The number of quaternary nitrogens is 1. The van der Waals surface area contributed by atoms with Gasteiger partial charge in [0.1, 0.15) is 6.20 Å². The molecule has 15 heavy (non-hydrogen) atoms. The van der Waals surface area contributed by atoms with Gasteiger partial charge in [-0.15, -0.1) is 4.00 Å². The van der Waals surface area contributed by atoms with Gasteiger partial charge in [-0.05, 0) is 6.42 Å². The number of halogens is 2. The number of hydrogen-bond acceptors (Lipinski definition) is 3. The van der Waals surface area contributed by atoms with Crippen LogP contribution in [0.2, 0.25) is 0 Å². The van der Waals surface area contributed by atoms with Gasteiger partial charge in [-0.25, -0.2) is 0 Å². The zero-order valence-electron chi connectivity index (χ0n) is 7.90. The van der Waals surface area contributed by atoms with E-state index in [1.165, 1.54) is 6.42 Å². The summed E-state index contributed by atoms with van der Waals surface area (Å²) in [6.07, 6.45) is 6.49. The summed E-state index contributed by atoms with van der Waals surface area (Å²) in [5.74, 6) is 0.941. The molecule has 3 rings (SSSR count). The van der Waals surface area contributed by atoms with Gasteiger partial charge >= 0.3 is 4.74 Å². The largest absolute Gasteiger partial charge is 0.351 e. The van der Waals surface area contributed by atoms with Crippen molar-refractivity contribution in [3.05, 3.63) is 23.9 Å². The summed E-state index contributed by atoms with van der Waals surface area (Å²) in [4.78, 5) is 10.8. The Morgan fingerprint density at radius 2 is 2.27 bits per heavy atom. The first-order chi connectivity index (χ1) is 7.22. The molecule has 4 nitrogen and oxygen atoms in total. The third-order valence-corrected chi connectivity index (χ3v) is 4.15. The van der Waals surface area contributed by atoms with Crippen LogP contribution in [-0.4, -0.2) is 33.0 Å². The minimum Gasteiger partial charge on any atom is -0.351 e. The Balaban J connectivity index is 2.09. The van der Waals surface area contributed by atoms with E-state index in [-0.39, 0.29) is 4.00 Å². The number of fused-ring (bicyclic) bond motifs is 1. The zero-order chi connectivity index (χ0) is 10.5. The van der Waals surface area contributed by atoms with Crippen molar-refractivity contribution in [1.82, 2.24) is 4.90 Å². The van der Waals surface area contributed by atoms with E-state index >= 15 is 0 Å². The van der Waals surface area contributed by atoms with E-state index in [9.17, 15) is 0 Å². The predicted octanol–water partition coefficient (Wildman–Crippen LogP) is 2.15. The lowest BCUT2D eigenvalue weighted by Gasteiger charge is -2.32. The van der Waals surface area contributed by atoms with Crippen LogP contribution in [0.1, 0.15) is 6.42 Å². The first-order valence-corrected chi connectivity index (χ1v) is 5.89. The second kappa shape index (κ2) is 3.17. The van der Waals surface area contributed by atoms with Crippen LogP contribution in [0.3, 0.4) is 0 Å². The fourth-order valence-corrected chi connectivity index (χ4v) is 2.44. The Kier molecular flexibility index (Phi) is 2.02. The topological polar surface area (TPSA) is 28.0 Å². The Morgan fingerprint density at radius 1 is 1.47 bits per heavy atom. The monoisotopic (exact) mass is 287 g/mol. The molecule has 0 saturated carbocycles. The van der Waals surface area contributed by atoms with Crippen LogP contribution in [0.25, 0.3) is 0 Å². The van der Waals surface area contributed by atoms with Gasteiger partial charge in [-0.1, -0.05) is 0 Å². The third kappa shape index (κ3) is 1.23. The Bertz CT molecular complexity index is 435. The van der Waals surface area contributed by atoms with Crippen LogP contribution < -0.4 is 0 Å². The molecule has 0 aromatic rings. The molecule has 0 aromatic heterocycles. The predicted molar refractivity (Wildman–Crippen MR) is 63.3 cm³/mol. The van der Waals surface area contributed by atoms with Crippen molar-refractivity contribution in [3.63, 3.8) is 0 Å². The van der Waals surface area contributed by atoms with Gasteiger partial charge in [0, 0.05) is 29.0 Å². The number of allylic oxidation sites excluding steroid dienone is 1. The van der Waals surface area contributed by atoms with Crippen LogP contribution in [0.15, 0.2) is 33.9 Å². The highest BCUT2D eigenvalue weighted by Crippen LogP contribution is 2.38. The maximum absolute atomic E-state index is 6.44. The molecular formula is C9H9BrClN4+. The van der Waals surface area contributed by atoms with Crippen LogP contribution in [0.4, 0.5) is 0 Å². The standard InChI is InChI=1S/C9H9BrClN4/c10-9-13-8(14-3-1-4-14)7-6-12-2-5-15(7,9)11/h2,5-6H,1,3-4H2/q+1. The molecule has 0 spiro atoms. The molecule has 1 saturated heterocycles. The molecule has 6 heteroatoms. The van der Waals surface area contributed by atoms with Crippen molar-refractivity contribution < 1.29 is 4.00 Å². The SMILES string of the molecule is Cl[N+]12C=CN=CC1=C(N1CCC1)N=C2Br. The number of nitrogens with zero attached hydrogens (tertiary/aromatic N) is 4. The molecule has 0 amide bonds. The highest BCUT2D eigenvalue weighted by Gasteiger charge is 2.46. The highest BCUT2D eigenvalue weighted by molar-refractivity contribution is 9.18. The number of aliphatic imine (C=N–C) groups is 2. The molecule has 1 atom stereocenters. The van der Waals surface area contributed by atoms with E-state index in [4.69, 9.17) is 11.8 Å². The van der Waals surface area contributed by atoms with Crippen LogP contribution >= 0.6 is 27.7 Å². The average molecular weight is 289 g/mol. The summed E-state index contributed by atoms with van der Waals surface area (Å²) >= 11 is 9.85. The maximum Gasteiger partial charge on any atom is 0.301 e. The minimum absolute atomic E-state index is 0.0787. The van der Waals surface area contributed by atoms with E-state index in [1.807, 2.05) is 0 Å². The first kappa shape index (κ1) is 9.57. The average Bonchev–Trinajstić information content (AvgIpc) is 2.38. The van der Waals surface area contributed by atoms with Crippen molar-refractivity contribution in [2.45, 2.75) is 6.42 Å². The van der Waals surface area contributed by atoms with Gasteiger partial charge in [0.15, 0.2) is 11.8 Å². The molecular weight excluding hydrogens is 279 g/mol. The molecule has 1 fully saturated rings. The molecule has 0 radical (unpaired) electrons. The first-order valence-electron chi connectivity index (χ1n) is 4.76. The Hall–Kier alpha value is -0.650. The molecule has 1 unspecified atom stereocenters. The van der Waals surface area contributed by atoms with E-state index < -0.39 is 0 Å². The number of amidine groups is 1. The second-order valence-electron chi connectivity index (χ2n) is 3.64. The summed E-state index contributed by atoms with van der Waals surface area (Å²) in [5.41, 5.74) is 0.922. The summed E-state index contributed by atoms with van der Waals surface area (Å²) in [7, 11) is 0. The lowest BCUT2D eigenvalue weighted by Crippen LogP contribution is -2.38. The summed E-state index contributed by atoms with van der Waals surface area (Å²) in [5, 5.41) is 0. The quantitative estimate of drug-likeness (QED) is 0.537. The number of rotatable bonds is 1. The van der Waals surface area contributed by atoms with Crippen molar-refractivity contribution in [1.29, 1.82) is 0 Å². The number of hydrogen-bond donors (Lipinski definition) is 0. The molecule has 0 bridgehead atoms. The smallest absolute Gasteiger partial charge is 0.301 e. The maximum atomic E-state index is 6.44. The van der Waals surface area contributed by atoms with E-state index in [1.54, 1.807) is 18.6 Å². The van der Waals surface area contributed by atoms with Crippen molar-refractivity contribution in [2.75, 3.05) is 13.1 Å². The molecule has 0 N–H and O–H groups in total. The van der Waals surface area contributed by atoms with E-state index in [2.05, 4.69) is 30.8 Å². The Morgan fingerprint density at radius 3 is 2.93 bits per heavy atom. The third-order valence-electron chi connectivity index (χ3n) is 2.76. The summed E-state index contributed by atoms with van der Waals surface area (Å²) in [6, 6.07) is 0. The summed E-state index contributed by atoms with van der Waals surface area (Å²) in [6.45, 7) is 2.11. The van der Waals surface area contributed by atoms with Gasteiger partial charge in [-0.2, -0.15) is 4.99 Å². The number of likely N-dealkylation sites (tertiary alicyclic amines) is 1. The van der Waals surface area contributed by atoms with Gasteiger partial charge in [0.05, 0.1) is 12.4 Å². The molecule has 3 aliphatic heterocycles. The van der Waals surface area contributed by atoms with Gasteiger partial charge in [-0.3, -0.25) is 4.99 Å². The van der Waals surface area contributed by atoms with Crippen molar-refractivity contribution >= 4 is 38.7 Å². The normalized spacial score (nSPS) is 32.9. The van der Waals surface area contributed by atoms with E-state index in [0.717, 1.165) is 24.6 Å². The zero-order valence-corrected chi connectivity index (χ0v) is 10.2.